The molecule has 136 valence electrons. The first-order valence-corrected chi connectivity index (χ1v) is 9.40. The average Bonchev–Trinajstić information content (AvgIpc) is 3.07. The Hall–Kier alpha value is -2.27. The van der Waals surface area contributed by atoms with Crippen molar-refractivity contribution in [3.8, 4) is 11.5 Å². The maximum atomic E-state index is 6.18. The number of nitrogens with zero attached hydrogens (tertiary/aromatic N) is 2. The zero-order valence-electron chi connectivity index (χ0n) is 15.4. The van der Waals surface area contributed by atoms with Crippen molar-refractivity contribution in [2.24, 2.45) is 0 Å². The maximum absolute atomic E-state index is 6.18. The van der Waals surface area contributed by atoms with E-state index in [9.17, 15) is 0 Å². The molecule has 0 N–H and O–H groups in total. The molecule has 1 spiro atoms. The van der Waals surface area contributed by atoms with Crippen molar-refractivity contribution in [2.75, 3.05) is 31.4 Å². The zero-order valence-corrected chi connectivity index (χ0v) is 15.4. The quantitative estimate of drug-likeness (QED) is 0.727. The summed E-state index contributed by atoms with van der Waals surface area (Å²) in [5.74, 6) is 1.60. The van der Waals surface area contributed by atoms with Gasteiger partial charge >= 0.3 is 0 Å². The number of benzene rings is 1. The number of piperidine rings is 1. The van der Waals surface area contributed by atoms with Crippen LogP contribution in [-0.4, -0.2) is 37.1 Å². The molecule has 0 atom stereocenters. The number of aryl methyl sites for hydroxylation is 1. The van der Waals surface area contributed by atoms with Crippen LogP contribution in [0.1, 0.15) is 31.9 Å². The number of rotatable bonds is 1. The summed E-state index contributed by atoms with van der Waals surface area (Å²) < 4.78 is 17.3. The molecule has 0 aliphatic carbocycles. The molecule has 1 fully saturated rings. The van der Waals surface area contributed by atoms with E-state index in [0.29, 0.717) is 0 Å². The Morgan fingerprint density at radius 1 is 1.04 bits per heavy atom. The van der Waals surface area contributed by atoms with Gasteiger partial charge in [0.2, 0.25) is 6.79 Å². The summed E-state index contributed by atoms with van der Waals surface area (Å²) in [6, 6.07) is 6.26. The van der Waals surface area contributed by atoms with Crippen molar-refractivity contribution in [3.63, 3.8) is 0 Å². The van der Waals surface area contributed by atoms with Crippen molar-refractivity contribution in [3.05, 3.63) is 35.5 Å². The molecule has 2 aromatic rings. The summed E-state index contributed by atoms with van der Waals surface area (Å²) in [7, 11) is 0. The second-order valence-electron chi connectivity index (χ2n) is 7.65. The van der Waals surface area contributed by atoms with Gasteiger partial charge in [-0.05, 0) is 45.2 Å². The van der Waals surface area contributed by atoms with Crippen LogP contribution in [0.3, 0.4) is 0 Å². The Kier molecular flexibility index (Phi) is 3.60. The van der Waals surface area contributed by atoms with E-state index in [4.69, 9.17) is 19.2 Å². The topological polar surface area (TPSA) is 43.8 Å². The van der Waals surface area contributed by atoms with Crippen LogP contribution in [0.4, 0.5) is 5.69 Å². The molecule has 0 bridgehead atoms. The van der Waals surface area contributed by atoms with Gasteiger partial charge in [-0.3, -0.25) is 4.98 Å². The molecule has 0 unspecified atom stereocenters. The smallest absolute Gasteiger partial charge is 0.231 e. The van der Waals surface area contributed by atoms with Gasteiger partial charge < -0.3 is 19.1 Å². The first kappa shape index (κ1) is 15.9. The number of pyridine rings is 1. The van der Waals surface area contributed by atoms with Crippen molar-refractivity contribution in [1.29, 1.82) is 0 Å². The fourth-order valence-electron chi connectivity index (χ4n) is 4.38. The van der Waals surface area contributed by atoms with Crippen molar-refractivity contribution < 1.29 is 14.2 Å². The fourth-order valence-corrected chi connectivity index (χ4v) is 4.38. The van der Waals surface area contributed by atoms with E-state index < -0.39 is 0 Å². The van der Waals surface area contributed by atoms with Crippen LogP contribution in [0, 0.1) is 6.92 Å². The molecular formula is C21H24N2O3. The molecule has 3 aliphatic heterocycles. The van der Waals surface area contributed by atoms with Gasteiger partial charge in [-0.1, -0.05) is 11.6 Å². The molecule has 0 saturated carbocycles. The van der Waals surface area contributed by atoms with E-state index in [0.717, 1.165) is 67.1 Å². The normalized spacial score (nSPS) is 21.3. The summed E-state index contributed by atoms with van der Waals surface area (Å²) in [5.41, 5.74) is 4.62. The highest BCUT2D eigenvalue weighted by Crippen LogP contribution is 2.41. The molecule has 1 aromatic heterocycles. The third-order valence-corrected chi connectivity index (χ3v) is 5.76. The lowest BCUT2D eigenvalue weighted by molar-refractivity contribution is -0.0325. The van der Waals surface area contributed by atoms with Crippen LogP contribution in [0.5, 0.6) is 11.5 Å². The van der Waals surface area contributed by atoms with E-state index in [1.54, 1.807) is 0 Å². The number of hydrogen-bond donors (Lipinski definition) is 0. The van der Waals surface area contributed by atoms with Crippen LogP contribution in [0.15, 0.2) is 29.8 Å². The highest BCUT2D eigenvalue weighted by atomic mass is 16.7. The molecule has 1 saturated heterocycles. The Bertz CT molecular complexity index is 898. The molecule has 1 aromatic carbocycles. The lowest BCUT2D eigenvalue weighted by Crippen LogP contribution is -2.46. The lowest BCUT2D eigenvalue weighted by atomic mass is 9.86. The van der Waals surface area contributed by atoms with Crippen molar-refractivity contribution >= 4 is 16.6 Å². The van der Waals surface area contributed by atoms with E-state index in [2.05, 4.69) is 37.0 Å². The number of hydrogen-bond acceptors (Lipinski definition) is 5. The summed E-state index contributed by atoms with van der Waals surface area (Å²) in [6.45, 7) is 7.38. The van der Waals surface area contributed by atoms with Gasteiger partial charge in [-0.2, -0.15) is 0 Å². The molecule has 4 heterocycles. The van der Waals surface area contributed by atoms with E-state index in [-0.39, 0.29) is 12.4 Å². The minimum absolute atomic E-state index is 0.0606. The standard InChI is InChI=1S/C21H24N2O3/c1-14-3-8-26-21(12-14)4-6-23(7-5-21)18-9-15(2)22-17-11-20-19(10-16(17)18)24-13-25-20/h9-12H,3-8,13H2,1-2H3. The van der Waals surface area contributed by atoms with Crippen LogP contribution in [0.2, 0.25) is 0 Å². The molecular weight excluding hydrogens is 328 g/mol. The molecule has 0 radical (unpaired) electrons. The minimum atomic E-state index is -0.0606. The SMILES string of the molecule is CC1=CC2(CCN(c3cc(C)nc4cc5c(cc34)OCO5)CC2)OCC1. The van der Waals surface area contributed by atoms with Gasteiger partial charge in [0.15, 0.2) is 11.5 Å². The Morgan fingerprint density at radius 2 is 1.81 bits per heavy atom. The predicted octanol–water partition coefficient (Wildman–Crippen LogP) is 3.98. The summed E-state index contributed by atoms with van der Waals surface area (Å²) in [5, 5.41) is 1.13. The van der Waals surface area contributed by atoms with Gasteiger partial charge in [0.25, 0.3) is 0 Å². The Morgan fingerprint density at radius 3 is 2.58 bits per heavy atom. The fraction of sp³-hybridized carbons (Fsp3) is 0.476. The van der Waals surface area contributed by atoms with Crippen LogP contribution < -0.4 is 14.4 Å². The first-order chi connectivity index (χ1) is 12.6. The predicted molar refractivity (Wildman–Crippen MR) is 101 cm³/mol. The summed E-state index contributed by atoms with van der Waals surface area (Å²) in [6.07, 6.45) is 5.48. The number of aromatic nitrogens is 1. The second kappa shape index (κ2) is 5.88. The highest BCUT2D eigenvalue weighted by molar-refractivity contribution is 5.94. The molecule has 26 heavy (non-hydrogen) atoms. The van der Waals surface area contributed by atoms with E-state index in [1.807, 2.05) is 6.07 Å². The minimum Gasteiger partial charge on any atom is -0.454 e. The monoisotopic (exact) mass is 352 g/mol. The zero-order chi connectivity index (χ0) is 17.7. The molecule has 5 nitrogen and oxygen atoms in total. The Balaban J connectivity index is 1.49. The van der Waals surface area contributed by atoms with Gasteiger partial charge in [0.1, 0.15) is 0 Å². The molecule has 5 heteroatoms. The van der Waals surface area contributed by atoms with Gasteiger partial charge in [-0.15, -0.1) is 0 Å². The second-order valence-corrected chi connectivity index (χ2v) is 7.65. The Labute approximate surface area is 153 Å². The maximum Gasteiger partial charge on any atom is 0.231 e. The first-order valence-electron chi connectivity index (χ1n) is 9.40. The van der Waals surface area contributed by atoms with E-state index >= 15 is 0 Å². The van der Waals surface area contributed by atoms with Crippen LogP contribution in [0.25, 0.3) is 10.9 Å². The summed E-state index contributed by atoms with van der Waals surface area (Å²) in [4.78, 5) is 7.17. The lowest BCUT2D eigenvalue weighted by Gasteiger charge is -2.43. The number of anilines is 1. The van der Waals surface area contributed by atoms with Gasteiger partial charge in [-0.25, -0.2) is 0 Å². The number of ether oxygens (including phenoxy) is 3. The number of fused-ring (bicyclic) bond motifs is 2. The van der Waals surface area contributed by atoms with Gasteiger partial charge in [0, 0.05) is 35.9 Å². The third-order valence-electron chi connectivity index (χ3n) is 5.76. The third kappa shape index (κ3) is 2.62. The van der Waals surface area contributed by atoms with Gasteiger partial charge in [0.05, 0.1) is 17.7 Å². The highest BCUT2D eigenvalue weighted by Gasteiger charge is 2.36. The molecule has 3 aliphatic rings. The summed E-state index contributed by atoms with van der Waals surface area (Å²) >= 11 is 0. The van der Waals surface area contributed by atoms with Crippen LogP contribution >= 0.6 is 0 Å². The van der Waals surface area contributed by atoms with Crippen LogP contribution in [-0.2, 0) is 4.74 Å². The van der Waals surface area contributed by atoms with Crippen molar-refractivity contribution in [1.82, 2.24) is 4.98 Å². The van der Waals surface area contributed by atoms with Crippen molar-refractivity contribution in [2.45, 2.75) is 38.7 Å². The average molecular weight is 352 g/mol. The molecule has 5 rings (SSSR count). The van der Waals surface area contributed by atoms with E-state index in [1.165, 1.54) is 11.3 Å². The largest absolute Gasteiger partial charge is 0.454 e. The molecule has 0 amide bonds.